The fourth-order valence-electron chi connectivity index (χ4n) is 1.71. The second-order valence-electron chi connectivity index (χ2n) is 5.50. The average molecular weight is 264 g/mol. The SMILES string of the molecule is CCc1ccc(NC(=O)NCC(C)(C)CCO)cc1. The van der Waals surface area contributed by atoms with Crippen LogP contribution in [0.15, 0.2) is 24.3 Å². The minimum atomic E-state index is -0.213. The number of amides is 2. The minimum absolute atomic E-state index is 0.0990. The minimum Gasteiger partial charge on any atom is -0.396 e. The lowest BCUT2D eigenvalue weighted by Crippen LogP contribution is -2.37. The van der Waals surface area contributed by atoms with Gasteiger partial charge in [0.2, 0.25) is 0 Å². The van der Waals surface area contributed by atoms with Gasteiger partial charge in [-0.15, -0.1) is 0 Å². The first-order valence-corrected chi connectivity index (χ1v) is 6.71. The molecule has 0 atom stereocenters. The number of aliphatic hydroxyl groups is 1. The molecule has 106 valence electrons. The Kier molecular flexibility index (Phi) is 5.83. The number of carbonyl (C=O) groups is 1. The van der Waals surface area contributed by atoms with Crippen LogP contribution in [0.4, 0.5) is 10.5 Å². The van der Waals surface area contributed by atoms with Crippen molar-refractivity contribution >= 4 is 11.7 Å². The largest absolute Gasteiger partial charge is 0.396 e. The fraction of sp³-hybridized carbons (Fsp3) is 0.533. The summed E-state index contributed by atoms with van der Waals surface area (Å²) in [6.07, 6.45) is 1.65. The first-order chi connectivity index (χ1) is 8.96. The van der Waals surface area contributed by atoms with E-state index in [0.717, 1.165) is 12.1 Å². The fourth-order valence-corrected chi connectivity index (χ4v) is 1.71. The average Bonchev–Trinajstić information content (AvgIpc) is 2.37. The van der Waals surface area contributed by atoms with E-state index in [1.54, 1.807) is 0 Å². The summed E-state index contributed by atoms with van der Waals surface area (Å²) < 4.78 is 0. The van der Waals surface area contributed by atoms with Crippen LogP contribution >= 0.6 is 0 Å². The number of aliphatic hydroxyl groups excluding tert-OH is 1. The zero-order chi connectivity index (χ0) is 14.3. The summed E-state index contributed by atoms with van der Waals surface area (Å²) in [5.74, 6) is 0. The number of urea groups is 1. The van der Waals surface area contributed by atoms with Crippen molar-refractivity contribution in [1.82, 2.24) is 5.32 Å². The third-order valence-electron chi connectivity index (χ3n) is 3.14. The Labute approximate surface area is 115 Å². The molecule has 1 rings (SSSR count). The van der Waals surface area contributed by atoms with Gasteiger partial charge in [-0.2, -0.15) is 0 Å². The van der Waals surface area contributed by atoms with E-state index in [1.165, 1.54) is 5.56 Å². The molecule has 0 bridgehead atoms. The van der Waals surface area contributed by atoms with Gasteiger partial charge in [-0.3, -0.25) is 0 Å². The van der Waals surface area contributed by atoms with Gasteiger partial charge in [-0.05, 0) is 36.0 Å². The molecule has 0 aromatic heterocycles. The number of rotatable bonds is 6. The maximum atomic E-state index is 11.7. The van der Waals surface area contributed by atoms with Crippen molar-refractivity contribution in [3.8, 4) is 0 Å². The number of aryl methyl sites for hydroxylation is 1. The monoisotopic (exact) mass is 264 g/mol. The predicted octanol–water partition coefficient (Wildman–Crippen LogP) is 2.78. The molecule has 2 amide bonds. The van der Waals surface area contributed by atoms with Crippen LogP contribution < -0.4 is 10.6 Å². The summed E-state index contributed by atoms with van der Waals surface area (Å²) in [6.45, 7) is 6.79. The van der Waals surface area contributed by atoms with Gasteiger partial charge >= 0.3 is 6.03 Å². The van der Waals surface area contributed by atoms with Crippen molar-refractivity contribution in [1.29, 1.82) is 0 Å². The highest BCUT2D eigenvalue weighted by Crippen LogP contribution is 2.18. The predicted molar refractivity (Wildman–Crippen MR) is 78.3 cm³/mol. The highest BCUT2D eigenvalue weighted by Gasteiger charge is 2.17. The molecule has 3 N–H and O–H groups in total. The van der Waals surface area contributed by atoms with Crippen LogP contribution in [-0.4, -0.2) is 24.3 Å². The summed E-state index contributed by atoms with van der Waals surface area (Å²) in [5.41, 5.74) is 1.93. The van der Waals surface area contributed by atoms with Crippen LogP contribution in [0.2, 0.25) is 0 Å². The Hall–Kier alpha value is -1.55. The molecule has 0 aliphatic heterocycles. The molecule has 0 saturated carbocycles. The number of carbonyl (C=O) groups excluding carboxylic acids is 1. The van der Waals surface area contributed by atoms with E-state index in [2.05, 4.69) is 17.6 Å². The lowest BCUT2D eigenvalue weighted by molar-refractivity contribution is 0.204. The maximum absolute atomic E-state index is 11.7. The summed E-state index contributed by atoms with van der Waals surface area (Å²) in [4.78, 5) is 11.7. The molecule has 0 spiro atoms. The van der Waals surface area contributed by atoms with E-state index in [-0.39, 0.29) is 18.1 Å². The van der Waals surface area contributed by atoms with Crippen LogP contribution in [0.5, 0.6) is 0 Å². The first kappa shape index (κ1) is 15.5. The Morgan fingerprint density at radius 3 is 2.42 bits per heavy atom. The van der Waals surface area contributed by atoms with E-state index in [9.17, 15) is 4.79 Å². The lowest BCUT2D eigenvalue weighted by atomic mass is 9.90. The van der Waals surface area contributed by atoms with Crippen molar-refractivity contribution in [3.63, 3.8) is 0 Å². The molecule has 0 saturated heterocycles. The van der Waals surface area contributed by atoms with Crippen molar-refractivity contribution in [2.24, 2.45) is 5.41 Å². The topological polar surface area (TPSA) is 61.4 Å². The Morgan fingerprint density at radius 1 is 1.26 bits per heavy atom. The maximum Gasteiger partial charge on any atom is 0.319 e. The standard InChI is InChI=1S/C15H24N2O2/c1-4-12-5-7-13(8-6-12)17-14(19)16-11-15(2,3)9-10-18/h5-8,18H,4,9-11H2,1-3H3,(H2,16,17,19). The second kappa shape index (κ2) is 7.14. The van der Waals surface area contributed by atoms with Crippen molar-refractivity contribution in [3.05, 3.63) is 29.8 Å². The quantitative estimate of drug-likeness (QED) is 0.740. The van der Waals surface area contributed by atoms with Crippen LogP contribution in [0, 0.1) is 5.41 Å². The molecule has 4 nitrogen and oxygen atoms in total. The molecule has 0 heterocycles. The molecular weight excluding hydrogens is 240 g/mol. The van der Waals surface area contributed by atoms with E-state index in [1.807, 2.05) is 38.1 Å². The van der Waals surface area contributed by atoms with E-state index >= 15 is 0 Å². The number of hydrogen-bond donors (Lipinski definition) is 3. The lowest BCUT2D eigenvalue weighted by Gasteiger charge is -2.23. The summed E-state index contributed by atoms with van der Waals surface area (Å²) >= 11 is 0. The Balaban J connectivity index is 2.42. The van der Waals surface area contributed by atoms with Gasteiger partial charge in [0, 0.05) is 18.8 Å². The van der Waals surface area contributed by atoms with Crippen molar-refractivity contribution in [2.45, 2.75) is 33.6 Å². The van der Waals surface area contributed by atoms with Crippen molar-refractivity contribution in [2.75, 3.05) is 18.5 Å². The van der Waals surface area contributed by atoms with Crippen molar-refractivity contribution < 1.29 is 9.90 Å². The molecule has 19 heavy (non-hydrogen) atoms. The molecule has 0 unspecified atom stereocenters. The van der Waals surface area contributed by atoms with Gasteiger partial charge in [0.1, 0.15) is 0 Å². The molecule has 0 fully saturated rings. The van der Waals surface area contributed by atoms with E-state index < -0.39 is 0 Å². The summed E-state index contributed by atoms with van der Waals surface area (Å²) in [7, 11) is 0. The normalized spacial score (nSPS) is 11.2. The molecule has 4 heteroatoms. The Morgan fingerprint density at radius 2 is 1.89 bits per heavy atom. The van der Waals surface area contributed by atoms with Gasteiger partial charge in [0.25, 0.3) is 0 Å². The highest BCUT2D eigenvalue weighted by atomic mass is 16.3. The van der Waals surface area contributed by atoms with Crippen LogP contribution in [0.25, 0.3) is 0 Å². The molecule has 0 radical (unpaired) electrons. The zero-order valence-electron chi connectivity index (χ0n) is 12.0. The zero-order valence-corrected chi connectivity index (χ0v) is 12.0. The van der Waals surface area contributed by atoms with Crippen LogP contribution in [-0.2, 0) is 6.42 Å². The highest BCUT2D eigenvalue weighted by molar-refractivity contribution is 5.89. The third-order valence-corrected chi connectivity index (χ3v) is 3.14. The van der Waals surface area contributed by atoms with E-state index in [0.29, 0.717) is 13.0 Å². The molecule has 1 aromatic carbocycles. The van der Waals surface area contributed by atoms with Gasteiger partial charge in [0.05, 0.1) is 0 Å². The number of nitrogens with one attached hydrogen (secondary N) is 2. The van der Waals surface area contributed by atoms with Crippen LogP contribution in [0.3, 0.4) is 0 Å². The second-order valence-corrected chi connectivity index (χ2v) is 5.50. The molecule has 0 aliphatic carbocycles. The first-order valence-electron chi connectivity index (χ1n) is 6.71. The molecular formula is C15H24N2O2. The van der Waals surface area contributed by atoms with Gasteiger partial charge in [-0.1, -0.05) is 32.9 Å². The van der Waals surface area contributed by atoms with E-state index in [4.69, 9.17) is 5.11 Å². The van der Waals surface area contributed by atoms with Gasteiger partial charge < -0.3 is 15.7 Å². The Bertz CT molecular complexity index is 399. The van der Waals surface area contributed by atoms with Crippen LogP contribution in [0.1, 0.15) is 32.8 Å². The number of anilines is 1. The third kappa shape index (κ3) is 5.75. The number of hydrogen-bond acceptors (Lipinski definition) is 2. The summed E-state index contributed by atoms with van der Waals surface area (Å²) in [6, 6.07) is 7.60. The smallest absolute Gasteiger partial charge is 0.319 e. The van der Waals surface area contributed by atoms with Gasteiger partial charge in [-0.25, -0.2) is 4.79 Å². The molecule has 1 aromatic rings. The summed E-state index contributed by atoms with van der Waals surface area (Å²) in [5, 5.41) is 14.5. The molecule has 0 aliphatic rings. The number of benzene rings is 1. The van der Waals surface area contributed by atoms with Gasteiger partial charge in [0.15, 0.2) is 0 Å².